The summed E-state index contributed by atoms with van der Waals surface area (Å²) in [5.41, 5.74) is 4.70. The van der Waals surface area contributed by atoms with E-state index in [1.165, 1.54) is 37.4 Å². The Kier molecular flexibility index (Phi) is 7.67. The van der Waals surface area contributed by atoms with E-state index in [2.05, 4.69) is 20.9 Å². The van der Waals surface area contributed by atoms with E-state index >= 15 is 4.39 Å². The van der Waals surface area contributed by atoms with Crippen LogP contribution in [0.5, 0.6) is 5.75 Å². The quantitative estimate of drug-likeness (QED) is 0.288. The Balaban J connectivity index is 1.70. The smallest absolute Gasteiger partial charge is 0.248 e. The van der Waals surface area contributed by atoms with E-state index < -0.39 is 47.0 Å². The van der Waals surface area contributed by atoms with Crippen molar-refractivity contribution in [3.05, 3.63) is 81.2 Å². The van der Waals surface area contributed by atoms with E-state index in [0.29, 0.717) is 12.0 Å². The fourth-order valence-corrected chi connectivity index (χ4v) is 6.51. The largest absolute Gasteiger partial charge is 0.495 e. The molecule has 1 aromatic heterocycles. The van der Waals surface area contributed by atoms with E-state index in [-0.39, 0.29) is 44.0 Å². The lowest BCUT2D eigenvalue weighted by molar-refractivity contribution is -0.122. The van der Waals surface area contributed by atoms with Crippen LogP contribution in [0.15, 0.2) is 48.5 Å². The number of methoxy groups -OCH3 is 1. The summed E-state index contributed by atoms with van der Waals surface area (Å²) in [6, 6.07) is 10.4. The topological polar surface area (TPSA) is 135 Å². The van der Waals surface area contributed by atoms with Crippen LogP contribution < -0.4 is 26.4 Å². The highest BCUT2D eigenvalue weighted by atomic mass is 35.5. The average molecular weight is 615 g/mol. The molecule has 3 heterocycles. The first kappa shape index (κ1) is 29.8. The number of primary amides is 1. The van der Waals surface area contributed by atoms with Gasteiger partial charge in [-0.1, -0.05) is 62.2 Å². The first-order valence-corrected chi connectivity index (χ1v) is 14.0. The Morgan fingerprint density at radius 3 is 2.57 bits per heavy atom. The Labute approximate surface area is 252 Å². The van der Waals surface area contributed by atoms with E-state index in [1.54, 1.807) is 18.2 Å². The summed E-state index contributed by atoms with van der Waals surface area (Å²) in [6.45, 7) is 6.05. The predicted octanol–water partition coefficient (Wildman–Crippen LogP) is 5.02. The lowest BCUT2D eigenvalue weighted by atomic mass is 9.62. The number of benzene rings is 2. The number of carbonyl (C=O) groups is 3. The Morgan fingerprint density at radius 2 is 1.90 bits per heavy atom. The molecular weight excluding hydrogens is 584 g/mol. The number of rotatable bonds is 6. The van der Waals surface area contributed by atoms with Gasteiger partial charge in [0.25, 0.3) is 0 Å². The van der Waals surface area contributed by atoms with Crippen LogP contribution in [0, 0.1) is 11.2 Å². The molecule has 42 heavy (non-hydrogen) atoms. The second-order valence-electron chi connectivity index (χ2n) is 11.7. The van der Waals surface area contributed by atoms with Crippen LogP contribution >= 0.6 is 23.2 Å². The molecule has 5 rings (SSSR count). The zero-order chi connectivity index (χ0) is 30.6. The third-order valence-electron chi connectivity index (χ3n) is 7.83. The second-order valence-corrected chi connectivity index (χ2v) is 12.5. The van der Waals surface area contributed by atoms with Crippen molar-refractivity contribution < 1.29 is 23.5 Å². The van der Waals surface area contributed by atoms with Gasteiger partial charge in [0.15, 0.2) is 0 Å². The van der Waals surface area contributed by atoms with Gasteiger partial charge in [-0.25, -0.2) is 9.37 Å². The summed E-state index contributed by atoms with van der Waals surface area (Å²) in [5.74, 6) is -2.97. The molecule has 9 nitrogen and oxygen atoms in total. The molecule has 3 amide bonds. The van der Waals surface area contributed by atoms with Gasteiger partial charge in [0.05, 0.1) is 23.9 Å². The minimum Gasteiger partial charge on any atom is -0.495 e. The number of aromatic nitrogens is 1. The van der Waals surface area contributed by atoms with Crippen molar-refractivity contribution in [2.24, 2.45) is 11.1 Å². The molecule has 220 valence electrons. The molecule has 4 atom stereocenters. The fraction of sp³-hybridized carbons (Fsp3) is 0.333. The lowest BCUT2D eigenvalue weighted by Crippen LogP contribution is -2.49. The highest BCUT2D eigenvalue weighted by Crippen LogP contribution is 2.56. The molecule has 1 fully saturated rings. The SMILES string of the molecule is COc1cc(C(N)=O)ccc1NC(=O)C1NC(CC(C)(C)C)C2(C(=O)Nc3nc(Cl)ccc32)C1c1cccc(Cl)c1F. The standard InChI is InChI=1S/C30H30Cl2FN5O4/c1-29(2,3)13-20-30(16-9-11-21(32)37-26(16)38-28(30)41)22(15-6-5-7-17(31)23(15)33)24(36-20)27(40)35-18-10-8-14(25(34)39)12-19(18)42-4/h5-12,20,22,24,36H,13H2,1-4H3,(H2,34,39)(H,35,40)(H,37,38,41). The number of ether oxygens (including phenoxy) is 1. The molecule has 2 aromatic carbocycles. The van der Waals surface area contributed by atoms with Crippen molar-refractivity contribution in [1.29, 1.82) is 0 Å². The summed E-state index contributed by atoms with van der Waals surface area (Å²) in [5, 5.41) is 9.10. The molecule has 0 radical (unpaired) electrons. The van der Waals surface area contributed by atoms with Crippen molar-refractivity contribution >= 4 is 52.4 Å². The summed E-state index contributed by atoms with van der Waals surface area (Å²) in [7, 11) is 1.39. The highest BCUT2D eigenvalue weighted by Gasteiger charge is 2.66. The van der Waals surface area contributed by atoms with Crippen molar-refractivity contribution in [3.63, 3.8) is 0 Å². The molecule has 2 aliphatic heterocycles. The molecule has 2 aliphatic rings. The van der Waals surface area contributed by atoms with Crippen molar-refractivity contribution in [3.8, 4) is 5.75 Å². The number of fused-ring (bicyclic) bond motifs is 2. The van der Waals surface area contributed by atoms with Crippen LogP contribution in [0.1, 0.15) is 54.6 Å². The number of pyridine rings is 1. The van der Waals surface area contributed by atoms with Gasteiger partial charge in [0.2, 0.25) is 17.7 Å². The molecule has 1 saturated heterocycles. The van der Waals surface area contributed by atoms with Crippen LogP contribution in [-0.2, 0) is 15.0 Å². The number of hydrogen-bond donors (Lipinski definition) is 4. The number of amides is 3. The monoisotopic (exact) mass is 613 g/mol. The molecule has 0 saturated carbocycles. The van der Waals surface area contributed by atoms with E-state index in [0.717, 1.165) is 0 Å². The Morgan fingerprint density at radius 1 is 1.17 bits per heavy atom. The molecule has 4 unspecified atom stereocenters. The van der Waals surface area contributed by atoms with Gasteiger partial charge in [-0.05, 0) is 47.7 Å². The molecule has 1 spiro atoms. The zero-order valence-corrected chi connectivity index (χ0v) is 24.9. The number of halogens is 3. The third kappa shape index (κ3) is 4.97. The first-order chi connectivity index (χ1) is 19.8. The number of nitrogens with one attached hydrogen (secondary N) is 3. The van der Waals surface area contributed by atoms with E-state index in [9.17, 15) is 14.4 Å². The van der Waals surface area contributed by atoms with Gasteiger partial charge in [0.1, 0.15) is 28.0 Å². The predicted molar refractivity (Wildman–Crippen MR) is 159 cm³/mol. The van der Waals surface area contributed by atoms with Gasteiger partial charge >= 0.3 is 0 Å². The van der Waals surface area contributed by atoms with Crippen LogP contribution in [0.25, 0.3) is 0 Å². The summed E-state index contributed by atoms with van der Waals surface area (Å²) in [6.07, 6.45) is 0.446. The highest BCUT2D eigenvalue weighted by molar-refractivity contribution is 6.31. The van der Waals surface area contributed by atoms with Crippen molar-refractivity contribution in [2.75, 3.05) is 17.7 Å². The number of nitrogens with zero attached hydrogens (tertiary/aromatic N) is 1. The minimum atomic E-state index is -1.45. The molecule has 0 bridgehead atoms. The number of nitrogens with two attached hydrogens (primary N) is 1. The van der Waals surface area contributed by atoms with Gasteiger partial charge in [0, 0.05) is 23.1 Å². The lowest BCUT2D eigenvalue weighted by Gasteiger charge is -2.37. The average Bonchev–Trinajstić information content (AvgIpc) is 3.39. The van der Waals surface area contributed by atoms with E-state index in [4.69, 9.17) is 33.7 Å². The maximum Gasteiger partial charge on any atom is 0.248 e. The first-order valence-electron chi connectivity index (χ1n) is 13.2. The molecule has 3 aromatic rings. The van der Waals surface area contributed by atoms with Gasteiger partial charge in [-0.2, -0.15) is 0 Å². The van der Waals surface area contributed by atoms with Gasteiger partial charge < -0.3 is 26.4 Å². The summed E-state index contributed by atoms with van der Waals surface area (Å²) >= 11 is 12.4. The molecule has 12 heteroatoms. The van der Waals surface area contributed by atoms with Crippen LogP contribution in [0.3, 0.4) is 0 Å². The van der Waals surface area contributed by atoms with Gasteiger partial charge in [-0.3, -0.25) is 14.4 Å². The normalized spacial score (nSPS) is 23.0. The maximum absolute atomic E-state index is 15.9. The number of hydrogen-bond acceptors (Lipinski definition) is 6. The zero-order valence-electron chi connectivity index (χ0n) is 23.3. The number of anilines is 2. The fourth-order valence-electron chi connectivity index (χ4n) is 6.18. The minimum absolute atomic E-state index is 0.0977. The van der Waals surface area contributed by atoms with Crippen molar-refractivity contribution in [2.45, 2.75) is 50.6 Å². The molecule has 5 N–H and O–H groups in total. The third-order valence-corrected chi connectivity index (χ3v) is 8.33. The van der Waals surface area contributed by atoms with Gasteiger partial charge in [-0.15, -0.1) is 0 Å². The summed E-state index contributed by atoms with van der Waals surface area (Å²) in [4.78, 5) is 44.4. The molecule has 0 aliphatic carbocycles. The summed E-state index contributed by atoms with van der Waals surface area (Å²) < 4.78 is 21.3. The number of carbonyl (C=O) groups excluding carboxylic acids is 3. The Hall–Kier alpha value is -3.73. The maximum atomic E-state index is 15.9. The van der Waals surface area contributed by atoms with E-state index in [1.807, 2.05) is 20.8 Å². The Bertz CT molecular complexity index is 1610. The van der Waals surface area contributed by atoms with Crippen LogP contribution in [0.2, 0.25) is 10.2 Å². The molecular formula is C30H30Cl2FN5O4. The van der Waals surface area contributed by atoms with Crippen molar-refractivity contribution in [1.82, 2.24) is 10.3 Å². The second kappa shape index (κ2) is 10.8. The van der Waals surface area contributed by atoms with Crippen LogP contribution in [0.4, 0.5) is 15.9 Å². The van der Waals surface area contributed by atoms with Crippen LogP contribution in [-0.4, -0.2) is 41.9 Å².